The van der Waals surface area contributed by atoms with Gasteiger partial charge in [-0.25, -0.2) is 4.39 Å². The highest BCUT2D eigenvalue weighted by atomic mass is 19.1. The standard InChI is InChI=1S/C16H22FNO3/c1-5-12(3)18(10-11(2)16(20)21-4)15(19)13-7-6-8-14(17)9-13/h6-9,11-12H,5,10H2,1-4H3. The number of carbonyl (C=O) groups excluding carboxylic acids is 2. The van der Waals surface area contributed by atoms with Crippen LogP contribution in [0.15, 0.2) is 24.3 Å². The van der Waals surface area contributed by atoms with Gasteiger partial charge in [0.25, 0.3) is 5.91 Å². The molecule has 4 nitrogen and oxygen atoms in total. The number of rotatable bonds is 6. The Morgan fingerprint density at radius 1 is 1.33 bits per heavy atom. The quantitative estimate of drug-likeness (QED) is 0.758. The van der Waals surface area contributed by atoms with Gasteiger partial charge < -0.3 is 9.64 Å². The lowest BCUT2D eigenvalue weighted by atomic mass is 10.1. The highest BCUT2D eigenvalue weighted by Crippen LogP contribution is 2.15. The molecule has 21 heavy (non-hydrogen) atoms. The minimum Gasteiger partial charge on any atom is -0.469 e. The van der Waals surface area contributed by atoms with E-state index in [-0.39, 0.29) is 30.0 Å². The third-order valence-corrected chi connectivity index (χ3v) is 3.53. The Balaban J connectivity index is 2.97. The van der Waals surface area contributed by atoms with Crippen molar-refractivity contribution >= 4 is 11.9 Å². The number of methoxy groups -OCH3 is 1. The molecule has 0 saturated carbocycles. The van der Waals surface area contributed by atoms with Crippen molar-refractivity contribution in [3.05, 3.63) is 35.6 Å². The van der Waals surface area contributed by atoms with E-state index in [1.807, 2.05) is 13.8 Å². The van der Waals surface area contributed by atoms with Crippen molar-refractivity contribution in [1.82, 2.24) is 4.90 Å². The topological polar surface area (TPSA) is 46.6 Å². The molecule has 0 N–H and O–H groups in total. The Morgan fingerprint density at radius 3 is 2.52 bits per heavy atom. The number of nitrogens with zero attached hydrogens (tertiary/aromatic N) is 1. The minimum absolute atomic E-state index is 0.0483. The Kier molecular flexibility index (Phi) is 6.34. The summed E-state index contributed by atoms with van der Waals surface area (Å²) in [4.78, 5) is 25.7. The first kappa shape index (κ1) is 17.1. The van der Waals surface area contributed by atoms with Crippen LogP contribution in [0.25, 0.3) is 0 Å². The molecule has 116 valence electrons. The van der Waals surface area contributed by atoms with Crippen molar-refractivity contribution in [1.29, 1.82) is 0 Å². The van der Waals surface area contributed by atoms with Crippen molar-refractivity contribution in [3.8, 4) is 0 Å². The highest BCUT2D eigenvalue weighted by Gasteiger charge is 2.25. The molecule has 1 amide bonds. The average Bonchev–Trinajstić information content (AvgIpc) is 2.50. The molecule has 0 aromatic heterocycles. The summed E-state index contributed by atoms with van der Waals surface area (Å²) >= 11 is 0. The summed E-state index contributed by atoms with van der Waals surface area (Å²) < 4.78 is 18.0. The van der Waals surface area contributed by atoms with Crippen LogP contribution in [0.1, 0.15) is 37.6 Å². The van der Waals surface area contributed by atoms with Crippen LogP contribution in [0.2, 0.25) is 0 Å². The number of halogens is 1. The molecule has 1 aromatic rings. The van der Waals surface area contributed by atoms with Gasteiger partial charge in [-0.1, -0.05) is 19.9 Å². The van der Waals surface area contributed by atoms with Crippen LogP contribution in [0.4, 0.5) is 4.39 Å². The molecular weight excluding hydrogens is 273 g/mol. The third kappa shape index (κ3) is 4.55. The van der Waals surface area contributed by atoms with Gasteiger partial charge >= 0.3 is 5.97 Å². The summed E-state index contributed by atoms with van der Waals surface area (Å²) in [7, 11) is 1.32. The normalized spacial score (nSPS) is 13.4. The monoisotopic (exact) mass is 295 g/mol. The molecule has 1 aromatic carbocycles. The first-order valence-electron chi connectivity index (χ1n) is 7.05. The van der Waals surface area contributed by atoms with Crippen molar-refractivity contribution in [2.75, 3.05) is 13.7 Å². The Labute approximate surface area is 124 Å². The summed E-state index contributed by atoms with van der Waals surface area (Å²) in [5.41, 5.74) is 0.285. The molecule has 0 saturated heterocycles. The zero-order chi connectivity index (χ0) is 16.0. The first-order valence-corrected chi connectivity index (χ1v) is 7.05. The van der Waals surface area contributed by atoms with Gasteiger partial charge in [-0.05, 0) is 31.5 Å². The maximum Gasteiger partial charge on any atom is 0.310 e. The number of hydrogen-bond donors (Lipinski definition) is 0. The van der Waals surface area contributed by atoms with Gasteiger partial charge in [0.1, 0.15) is 5.82 Å². The third-order valence-electron chi connectivity index (χ3n) is 3.53. The number of amides is 1. The number of benzene rings is 1. The van der Waals surface area contributed by atoms with Gasteiger partial charge in [-0.2, -0.15) is 0 Å². The molecule has 0 spiro atoms. The largest absolute Gasteiger partial charge is 0.469 e. The lowest BCUT2D eigenvalue weighted by molar-refractivity contribution is -0.145. The SMILES string of the molecule is CCC(C)N(CC(C)C(=O)OC)C(=O)c1cccc(F)c1. The number of hydrogen-bond acceptors (Lipinski definition) is 3. The maximum atomic E-state index is 13.3. The smallest absolute Gasteiger partial charge is 0.310 e. The van der Waals surface area contributed by atoms with Crippen molar-refractivity contribution < 1.29 is 18.7 Å². The second-order valence-electron chi connectivity index (χ2n) is 5.15. The fourth-order valence-electron chi connectivity index (χ4n) is 2.04. The predicted octanol–water partition coefficient (Wildman–Crippen LogP) is 2.88. The van der Waals surface area contributed by atoms with E-state index in [2.05, 4.69) is 0 Å². The molecule has 0 aliphatic rings. The molecular formula is C16H22FNO3. The van der Waals surface area contributed by atoms with E-state index in [0.717, 1.165) is 6.42 Å². The van der Waals surface area contributed by atoms with E-state index >= 15 is 0 Å². The summed E-state index contributed by atoms with van der Waals surface area (Å²) in [6.45, 7) is 5.82. The van der Waals surface area contributed by atoms with E-state index in [1.54, 1.807) is 17.9 Å². The van der Waals surface area contributed by atoms with Gasteiger partial charge in [-0.15, -0.1) is 0 Å². The molecule has 2 unspecified atom stereocenters. The number of esters is 1. The van der Waals surface area contributed by atoms with Gasteiger partial charge in [-0.3, -0.25) is 9.59 Å². The average molecular weight is 295 g/mol. The zero-order valence-corrected chi connectivity index (χ0v) is 12.9. The molecule has 0 radical (unpaired) electrons. The molecule has 0 aliphatic carbocycles. The number of ether oxygens (including phenoxy) is 1. The van der Waals surface area contributed by atoms with Crippen LogP contribution >= 0.6 is 0 Å². The summed E-state index contributed by atoms with van der Waals surface area (Å²) in [5.74, 6) is -1.53. The summed E-state index contributed by atoms with van der Waals surface area (Å²) in [5, 5.41) is 0. The van der Waals surface area contributed by atoms with Gasteiger partial charge in [0.05, 0.1) is 13.0 Å². The van der Waals surface area contributed by atoms with Crippen LogP contribution in [0.5, 0.6) is 0 Å². The van der Waals surface area contributed by atoms with Gasteiger partial charge in [0.2, 0.25) is 0 Å². The van der Waals surface area contributed by atoms with Crippen LogP contribution in [0.3, 0.4) is 0 Å². The van der Waals surface area contributed by atoms with Crippen molar-refractivity contribution in [3.63, 3.8) is 0 Å². The lowest BCUT2D eigenvalue weighted by Gasteiger charge is -2.30. The zero-order valence-electron chi connectivity index (χ0n) is 12.9. The summed E-state index contributed by atoms with van der Waals surface area (Å²) in [6, 6.07) is 5.53. The molecule has 1 rings (SSSR count). The van der Waals surface area contributed by atoms with E-state index in [0.29, 0.717) is 0 Å². The van der Waals surface area contributed by atoms with Crippen LogP contribution in [-0.2, 0) is 9.53 Å². The Bertz CT molecular complexity index is 504. The molecule has 0 aliphatic heterocycles. The fraction of sp³-hybridized carbons (Fsp3) is 0.500. The predicted molar refractivity (Wildman–Crippen MR) is 78.4 cm³/mol. The van der Waals surface area contributed by atoms with Gasteiger partial charge in [0.15, 0.2) is 0 Å². The van der Waals surface area contributed by atoms with E-state index in [1.165, 1.54) is 25.3 Å². The van der Waals surface area contributed by atoms with Crippen molar-refractivity contribution in [2.24, 2.45) is 5.92 Å². The van der Waals surface area contributed by atoms with E-state index < -0.39 is 11.7 Å². The first-order chi connectivity index (χ1) is 9.90. The second kappa shape index (κ2) is 7.76. The van der Waals surface area contributed by atoms with E-state index in [4.69, 9.17) is 4.74 Å². The molecule has 2 atom stereocenters. The minimum atomic E-state index is -0.453. The Hall–Kier alpha value is -1.91. The van der Waals surface area contributed by atoms with Crippen LogP contribution in [-0.4, -0.2) is 36.5 Å². The Morgan fingerprint density at radius 2 is 2.00 bits per heavy atom. The molecule has 0 heterocycles. The van der Waals surface area contributed by atoms with Crippen molar-refractivity contribution in [2.45, 2.75) is 33.2 Å². The fourth-order valence-corrected chi connectivity index (χ4v) is 2.04. The molecule has 5 heteroatoms. The number of carbonyl (C=O) groups is 2. The maximum absolute atomic E-state index is 13.3. The van der Waals surface area contributed by atoms with Crippen LogP contribution in [0, 0.1) is 11.7 Å². The molecule has 0 fully saturated rings. The van der Waals surface area contributed by atoms with E-state index in [9.17, 15) is 14.0 Å². The van der Waals surface area contributed by atoms with Crippen LogP contribution < -0.4 is 0 Å². The second-order valence-corrected chi connectivity index (χ2v) is 5.15. The van der Waals surface area contributed by atoms with Gasteiger partial charge in [0, 0.05) is 18.2 Å². The lowest BCUT2D eigenvalue weighted by Crippen LogP contribution is -2.42. The molecule has 0 bridgehead atoms. The highest BCUT2D eigenvalue weighted by molar-refractivity contribution is 5.94. The summed E-state index contributed by atoms with van der Waals surface area (Å²) in [6.07, 6.45) is 0.745.